The molecule has 23 heavy (non-hydrogen) atoms. The first-order chi connectivity index (χ1) is 10.8. The first-order valence-corrected chi connectivity index (χ1v) is 8.11. The Labute approximate surface area is 139 Å². The van der Waals surface area contributed by atoms with E-state index in [1.807, 2.05) is 32.0 Å². The van der Waals surface area contributed by atoms with Crippen LogP contribution in [0.15, 0.2) is 18.2 Å². The highest BCUT2D eigenvalue weighted by atomic mass is 16.2. The normalized spacial score (nSPS) is 10.9. The Morgan fingerprint density at radius 2 is 1.65 bits per heavy atom. The monoisotopic (exact) mass is 319 g/mol. The third-order valence-electron chi connectivity index (χ3n) is 3.62. The summed E-state index contributed by atoms with van der Waals surface area (Å²) in [5, 5.41) is 5.80. The molecule has 0 aliphatic carbocycles. The molecule has 0 fully saturated rings. The van der Waals surface area contributed by atoms with Gasteiger partial charge in [-0.1, -0.05) is 32.0 Å². The first kappa shape index (κ1) is 19.2. The van der Waals surface area contributed by atoms with Gasteiger partial charge in [-0.2, -0.15) is 0 Å². The molecule has 1 aromatic rings. The maximum Gasteiger partial charge on any atom is 0.238 e. The van der Waals surface area contributed by atoms with Crippen LogP contribution in [0.1, 0.15) is 31.4 Å². The number of carbonyl (C=O) groups is 2. The van der Waals surface area contributed by atoms with E-state index in [1.54, 1.807) is 11.9 Å². The number of para-hydroxylation sites is 1. The van der Waals surface area contributed by atoms with E-state index in [2.05, 4.69) is 24.5 Å². The van der Waals surface area contributed by atoms with Crippen molar-refractivity contribution in [2.75, 3.05) is 32.0 Å². The second kappa shape index (κ2) is 9.30. The highest BCUT2D eigenvalue weighted by Crippen LogP contribution is 2.19. The second-order valence-electron chi connectivity index (χ2n) is 6.52. The molecule has 0 saturated carbocycles. The van der Waals surface area contributed by atoms with Crippen molar-refractivity contribution in [3.63, 3.8) is 0 Å². The molecule has 0 aliphatic heterocycles. The van der Waals surface area contributed by atoms with Crippen LogP contribution >= 0.6 is 0 Å². The number of rotatable bonds is 8. The molecule has 0 bridgehead atoms. The number of anilines is 1. The molecule has 0 heterocycles. The summed E-state index contributed by atoms with van der Waals surface area (Å²) >= 11 is 0. The second-order valence-corrected chi connectivity index (χ2v) is 6.52. The zero-order chi connectivity index (χ0) is 17.4. The van der Waals surface area contributed by atoms with E-state index in [0.717, 1.165) is 23.2 Å². The minimum atomic E-state index is -0.111. The third kappa shape index (κ3) is 7.28. The number of hydrogen-bond acceptors (Lipinski definition) is 3. The van der Waals surface area contributed by atoms with Crippen LogP contribution in [0, 0.1) is 19.8 Å². The summed E-state index contributed by atoms with van der Waals surface area (Å²) in [5.41, 5.74) is 2.92. The number of aryl methyl sites for hydroxylation is 2. The Morgan fingerprint density at radius 1 is 1.09 bits per heavy atom. The Kier molecular flexibility index (Phi) is 7.75. The summed E-state index contributed by atoms with van der Waals surface area (Å²) in [7, 11) is 1.77. The number of carbonyl (C=O) groups excluding carboxylic acids is 2. The van der Waals surface area contributed by atoms with Crippen LogP contribution in [-0.2, 0) is 9.59 Å². The lowest BCUT2D eigenvalue weighted by atomic mass is 10.1. The van der Waals surface area contributed by atoms with Gasteiger partial charge in [-0.05, 0) is 44.4 Å². The van der Waals surface area contributed by atoms with Gasteiger partial charge in [0.05, 0.1) is 13.1 Å². The molecular weight excluding hydrogens is 290 g/mol. The highest BCUT2D eigenvalue weighted by molar-refractivity contribution is 5.94. The Morgan fingerprint density at radius 3 is 2.22 bits per heavy atom. The molecule has 0 aliphatic rings. The van der Waals surface area contributed by atoms with E-state index in [9.17, 15) is 9.59 Å². The molecule has 5 nitrogen and oxygen atoms in total. The number of amides is 2. The van der Waals surface area contributed by atoms with Crippen molar-refractivity contribution in [2.45, 2.75) is 34.1 Å². The largest absolute Gasteiger partial charge is 0.355 e. The molecule has 0 saturated heterocycles. The fourth-order valence-corrected chi connectivity index (χ4v) is 2.29. The number of nitrogens with zero attached hydrogens (tertiary/aromatic N) is 1. The average molecular weight is 319 g/mol. The van der Waals surface area contributed by atoms with E-state index in [0.29, 0.717) is 12.5 Å². The summed E-state index contributed by atoms with van der Waals surface area (Å²) < 4.78 is 0. The summed E-state index contributed by atoms with van der Waals surface area (Å²) in [6.45, 7) is 9.26. The zero-order valence-electron chi connectivity index (χ0n) is 14.9. The minimum Gasteiger partial charge on any atom is -0.355 e. The van der Waals surface area contributed by atoms with Gasteiger partial charge in [0.25, 0.3) is 0 Å². The van der Waals surface area contributed by atoms with Crippen molar-refractivity contribution in [2.24, 2.45) is 5.92 Å². The number of hydrogen-bond donors (Lipinski definition) is 2. The van der Waals surface area contributed by atoms with Crippen LogP contribution in [0.25, 0.3) is 0 Å². The maximum atomic E-state index is 12.1. The van der Waals surface area contributed by atoms with E-state index < -0.39 is 0 Å². The smallest absolute Gasteiger partial charge is 0.238 e. The van der Waals surface area contributed by atoms with Gasteiger partial charge in [-0.25, -0.2) is 0 Å². The van der Waals surface area contributed by atoms with Gasteiger partial charge >= 0.3 is 0 Å². The number of likely N-dealkylation sites (N-methyl/N-ethyl adjacent to an activating group) is 1. The van der Waals surface area contributed by atoms with Crippen molar-refractivity contribution in [1.82, 2.24) is 10.2 Å². The molecule has 1 rings (SSSR count). The van der Waals surface area contributed by atoms with Gasteiger partial charge in [-0.3, -0.25) is 14.5 Å². The van der Waals surface area contributed by atoms with Crippen LogP contribution in [0.4, 0.5) is 5.69 Å². The van der Waals surface area contributed by atoms with Gasteiger partial charge in [0, 0.05) is 12.2 Å². The van der Waals surface area contributed by atoms with Crippen molar-refractivity contribution in [3.8, 4) is 0 Å². The maximum absolute atomic E-state index is 12.1. The summed E-state index contributed by atoms with van der Waals surface area (Å²) in [5.74, 6) is 0.407. The lowest BCUT2D eigenvalue weighted by Crippen LogP contribution is -2.39. The quantitative estimate of drug-likeness (QED) is 0.773. The number of benzene rings is 1. The fourth-order valence-electron chi connectivity index (χ4n) is 2.29. The van der Waals surface area contributed by atoms with Crippen LogP contribution < -0.4 is 10.6 Å². The standard InChI is InChI=1S/C18H29N3O2/c1-13(2)9-10-19-16(22)11-21(5)12-17(23)20-18-14(3)7-6-8-15(18)4/h6-8,13H,9-12H2,1-5H3,(H,19,22)(H,20,23). The predicted octanol–water partition coefficient (Wildman–Crippen LogP) is 2.34. The van der Waals surface area contributed by atoms with Crippen LogP contribution in [0.2, 0.25) is 0 Å². The molecule has 128 valence electrons. The van der Waals surface area contributed by atoms with Crippen LogP contribution in [0.5, 0.6) is 0 Å². The van der Waals surface area contributed by atoms with Crippen molar-refractivity contribution in [3.05, 3.63) is 29.3 Å². The molecule has 5 heteroatoms. The van der Waals surface area contributed by atoms with E-state index in [1.165, 1.54) is 0 Å². The van der Waals surface area contributed by atoms with Crippen LogP contribution in [-0.4, -0.2) is 43.4 Å². The van der Waals surface area contributed by atoms with Gasteiger partial charge < -0.3 is 10.6 Å². The predicted molar refractivity (Wildman–Crippen MR) is 94.5 cm³/mol. The highest BCUT2D eigenvalue weighted by Gasteiger charge is 2.12. The van der Waals surface area contributed by atoms with Gasteiger partial charge in [0.2, 0.25) is 11.8 Å². The van der Waals surface area contributed by atoms with Gasteiger partial charge in [0.1, 0.15) is 0 Å². The fraction of sp³-hybridized carbons (Fsp3) is 0.556. The zero-order valence-corrected chi connectivity index (χ0v) is 14.9. The van der Waals surface area contributed by atoms with E-state index >= 15 is 0 Å². The molecular formula is C18H29N3O2. The Bertz CT molecular complexity index is 521. The van der Waals surface area contributed by atoms with Gasteiger partial charge in [0.15, 0.2) is 0 Å². The topological polar surface area (TPSA) is 61.4 Å². The lowest BCUT2D eigenvalue weighted by Gasteiger charge is -2.17. The molecule has 0 spiro atoms. The summed E-state index contributed by atoms with van der Waals surface area (Å²) in [6, 6.07) is 5.90. The average Bonchev–Trinajstić information content (AvgIpc) is 2.42. The minimum absolute atomic E-state index is 0.0481. The molecule has 0 unspecified atom stereocenters. The van der Waals surface area contributed by atoms with Crippen molar-refractivity contribution in [1.29, 1.82) is 0 Å². The molecule has 0 radical (unpaired) electrons. The summed E-state index contributed by atoms with van der Waals surface area (Å²) in [6.07, 6.45) is 0.961. The molecule has 2 N–H and O–H groups in total. The summed E-state index contributed by atoms with van der Waals surface area (Å²) in [4.78, 5) is 25.6. The molecule has 0 aromatic heterocycles. The Balaban J connectivity index is 2.40. The van der Waals surface area contributed by atoms with Gasteiger partial charge in [-0.15, -0.1) is 0 Å². The SMILES string of the molecule is Cc1cccc(C)c1NC(=O)CN(C)CC(=O)NCCC(C)C. The molecule has 0 atom stereocenters. The van der Waals surface area contributed by atoms with E-state index in [4.69, 9.17) is 0 Å². The van der Waals surface area contributed by atoms with Crippen molar-refractivity contribution >= 4 is 17.5 Å². The molecule has 1 aromatic carbocycles. The number of nitrogens with one attached hydrogen (secondary N) is 2. The van der Waals surface area contributed by atoms with Crippen LogP contribution in [0.3, 0.4) is 0 Å². The molecule has 2 amide bonds. The van der Waals surface area contributed by atoms with E-state index in [-0.39, 0.29) is 24.9 Å². The lowest BCUT2D eigenvalue weighted by molar-refractivity contribution is -0.123. The third-order valence-corrected chi connectivity index (χ3v) is 3.62. The van der Waals surface area contributed by atoms with Crippen molar-refractivity contribution < 1.29 is 9.59 Å². The Hall–Kier alpha value is -1.88. The first-order valence-electron chi connectivity index (χ1n) is 8.11.